The molecule has 0 aliphatic carbocycles. The predicted molar refractivity (Wildman–Crippen MR) is 73.3 cm³/mol. The van der Waals surface area contributed by atoms with Crippen LogP contribution in [0.5, 0.6) is 0 Å². The lowest BCUT2D eigenvalue weighted by molar-refractivity contribution is -0.126. The van der Waals surface area contributed by atoms with Gasteiger partial charge in [0.25, 0.3) is 5.91 Å². The van der Waals surface area contributed by atoms with E-state index in [4.69, 9.17) is 9.84 Å². The number of aromatic carboxylic acids is 1. The third-order valence-electron chi connectivity index (χ3n) is 2.99. The molecule has 0 spiro atoms. The first-order valence-corrected chi connectivity index (χ1v) is 6.76. The minimum atomic E-state index is -1.09. The van der Waals surface area contributed by atoms with Gasteiger partial charge in [0.15, 0.2) is 0 Å². The number of halogens is 1. The van der Waals surface area contributed by atoms with E-state index in [0.717, 1.165) is 6.42 Å². The number of nitrogens with one attached hydrogen (secondary N) is 1. The van der Waals surface area contributed by atoms with Crippen molar-refractivity contribution in [1.29, 1.82) is 0 Å². The van der Waals surface area contributed by atoms with Crippen LogP contribution in [-0.4, -0.2) is 29.2 Å². The Morgan fingerprint density at radius 3 is 2.74 bits per heavy atom. The summed E-state index contributed by atoms with van der Waals surface area (Å²) in [7, 11) is 0. The molecule has 102 valence electrons. The Hall–Kier alpha value is -1.40. The molecule has 2 N–H and O–H groups in total. The van der Waals surface area contributed by atoms with Crippen LogP contribution in [0, 0.1) is 0 Å². The molecule has 2 atom stereocenters. The van der Waals surface area contributed by atoms with Crippen molar-refractivity contribution in [1.82, 2.24) is 0 Å². The Balaban J connectivity index is 2.14. The van der Waals surface area contributed by atoms with Crippen molar-refractivity contribution in [3.63, 3.8) is 0 Å². The van der Waals surface area contributed by atoms with E-state index in [0.29, 0.717) is 10.9 Å². The van der Waals surface area contributed by atoms with Crippen molar-refractivity contribution >= 4 is 33.5 Å². The first-order chi connectivity index (χ1) is 8.97. The van der Waals surface area contributed by atoms with Crippen LogP contribution in [0.4, 0.5) is 5.69 Å². The van der Waals surface area contributed by atoms with Gasteiger partial charge in [-0.1, -0.05) is 15.9 Å². The number of carbonyl (C=O) groups excluding carboxylic acids is 1. The van der Waals surface area contributed by atoms with Crippen LogP contribution in [0.25, 0.3) is 0 Å². The molecule has 1 saturated heterocycles. The number of rotatable bonds is 3. The van der Waals surface area contributed by atoms with Crippen LogP contribution in [-0.2, 0) is 9.53 Å². The highest BCUT2D eigenvalue weighted by atomic mass is 79.9. The maximum Gasteiger partial charge on any atom is 0.337 e. The highest BCUT2D eigenvalue weighted by molar-refractivity contribution is 9.10. The fourth-order valence-corrected chi connectivity index (χ4v) is 2.37. The predicted octanol–water partition coefficient (Wildman–Crippen LogP) is 2.65. The summed E-state index contributed by atoms with van der Waals surface area (Å²) in [6, 6.07) is 4.69. The molecule has 1 fully saturated rings. The second-order valence-corrected chi connectivity index (χ2v) is 5.41. The van der Waals surface area contributed by atoms with Crippen molar-refractivity contribution in [2.24, 2.45) is 0 Å². The summed E-state index contributed by atoms with van der Waals surface area (Å²) < 4.78 is 6.10. The molecule has 5 nitrogen and oxygen atoms in total. The van der Waals surface area contributed by atoms with Crippen LogP contribution in [0.15, 0.2) is 22.7 Å². The van der Waals surface area contributed by atoms with Gasteiger partial charge in [-0.05, 0) is 38.0 Å². The molecule has 6 heteroatoms. The van der Waals surface area contributed by atoms with Crippen molar-refractivity contribution < 1.29 is 19.4 Å². The molecule has 1 heterocycles. The van der Waals surface area contributed by atoms with E-state index in [1.165, 1.54) is 6.07 Å². The van der Waals surface area contributed by atoms with Gasteiger partial charge in [0.2, 0.25) is 0 Å². The lowest BCUT2D eigenvalue weighted by Gasteiger charge is -2.13. The van der Waals surface area contributed by atoms with Gasteiger partial charge in [-0.15, -0.1) is 0 Å². The molecule has 2 unspecified atom stereocenters. The molecular formula is C13H14BrNO4. The minimum absolute atomic E-state index is 0.0498. The van der Waals surface area contributed by atoms with E-state index in [1.807, 2.05) is 6.92 Å². The summed E-state index contributed by atoms with van der Waals surface area (Å²) in [4.78, 5) is 23.1. The first kappa shape index (κ1) is 14.0. The Morgan fingerprint density at radius 1 is 1.42 bits per heavy atom. The number of carbonyl (C=O) groups is 2. The van der Waals surface area contributed by atoms with Gasteiger partial charge >= 0.3 is 5.97 Å². The first-order valence-electron chi connectivity index (χ1n) is 5.96. The monoisotopic (exact) mass is 327 g/mol. The second-order valence-electron chi connectivity index (χ2n) is 4.50. The maximum absolute atomic E-state index is 12.0. The van der Waals surface area contributed by atoms with Gasteiger partial charge in [0.05, 0.1) is 17.4 Å². The van der Waals surface area contributed by atoms with E-state index in [2.05, 4.69) is 21.2 Å². The Labute approximate surface area is 119 Å². The SMILES string of the molecule is CC1CCC(C(=O)Nc2ccc(Br)cc2C(=O)O)O1. The number of carboxylic acid groups (broad SMARTS) is 1. The van der Waals surface area contributed by atoms with Gasteiger partial charge in [0, 0.05) is 4.47 Å². The van der Waals surface area contributed by atoms with Gasteiger partial charge < -0.3 is 15.2 Å². The second kappa shape index (κ2) is 5.71. The molecule has 1 aliphatic rings. The van der Waals surface area contributed by atoms with Crippen molar-refractivity contribution in [3.05, 3.63) is 28.2 Å². The zero-order valence-electron chi connectivity index (χ0n) is 10.4. The molecule has 2 rings (SSSR count). The minimum Gasteiger partial charge on any atom is -0.478 e. The Morgan fingerprint density at radius 2 is 2.16 bits per heavy atom. The van der Waals surface area contributed by atoms with E-state index < -0.39 is 12.1 Å². The van der Waals surface area contributed by atoms with E-state index in [1.54, 1.807) is 12.1 Å². The van der Waals surface area contributed by atoms with Crippen LogP contribution >= 0.6 is 15.9 Å². The van der Waals surface area contributed by atoms with E-state index in [9.17, 15) is 9.59 Å². The topological polar surface area (TPSA) is 75.6 Å². The smallest absolute Gasteiger partial charge is 0.337 e. The standard InChI is InChI=1S/C13H14BrNO4/c1-7-2-5-11(19-7)12(16)15-10-4-3-8(14)6-9(10)13(17)18/h3-4,6-7,11H,2,5H2,1H3,(H,15,16)(H,17,18). The fourth-order valence-electron chi connectivity index (χ4n) is 2.01. The van der Waals surface area contributed by atoms with Crippen molar-refractivity contribution in [3.8, 4) is 0 Å². The van der Waals surface area contributed by atoms with Gasteiger partial charge in [-0.25, -0.2) is 4.79 Å². The number of carboxylic acids is 1. The van der Waals surface area contributed by atoms with Gasteiger partial charge in [0.1, 0.15) is 6.10 Å². The summed E-state index contributed by atoms with van der Waals surface area (Å²) >= 11 is 3.20. The summed E-state index contributed by atoms with van der Waals surface area (Å²) in [5, 5.41) is 11.7. The van der Waals surface area contributed by atoms with Crippen LogP contribution in [0.3, 0.4) is 0 Å². The van der Waals surface area contributed by atoms with Crippen LogP contribution in [0.1, 0.15) is 30.1 Å². The van der Waals surface area contributed by atoms with Crippen LogP contribution < -0.4 is 5.32 Å². The average molecular weight is 328 g/mol. The molecule has 1 aliphatic heterocycles. The summed E-state index contributed by atoms with van der Waals surface area (Å²) in [5.74, 6) is -1.38. The highest BCUT2D eigenvalue weighted by Crippen LogP contribution is 2.24. The number of anilines is 1. The van der Waals surface area contributed by atoms with Crippen molar-refractivity contribution in [2.45, 2.75) is 32.0 Å². The number of hydrogen-bond acceptors (Lipinski definition) is 3. The molecule has 1 aromatic carbocycles. The molecule has 0 saturated carbocycles. The Kier molecular flexibility index (Phi) is 4.21. The van der Waals surface area contributed by atoms with E-state index >= 15 is 0 Å². The third kappa shape index (κ3) is 3.33. The van der Waals surface area contributed by atoms with Crippen molar-refractivity contribution in [2.75, 3.05) is 5.32 Å². The number of ether oxygens (including phenoxy) is 1. The van der Waals surface area contributed by atoms with Crippen LogP contribution in [0.2, 0.25) is 0 Å². The maximum atomic E-state index is 12.0. The average Bonchev–Trinajstić information content (AvgIpc) is 2.78. The lowest BCUT2D eigenvalue weighted by atomic mass is 10.1. The number of benzene rings is 1. The quantitative estimate of drug-likeness (QED) is 0.894. The van der Waals surface area contributed by atoms with Gasteiger partial charge in [-0.2, -0.15) is 0 Å². The molecular weight excluding hydrogens is 314 g/mol. The molecule has 0 bridgehead atoms. The molecule has 0 radical (unpaired) electrons. The molecule has 0 aromatic heterocycles. The molecule has 1 amide bonds. The zero-order chi connectivity index (χ0) is 14.0. The molecule has 1 aromatic rings. The third-order valence-corrected chi connectivity index (χ3v) is 3.49. The normalized spacial score (nSPS) is 22.2. The lowest BCUT2D eigenvalue weighted by Crippen LogP contribution is -2.28. The fraction of sp³-hybridized carbons (Fsp3) is 0.385. The zero-order valence-corrected chi connectivity index (χ0v) is 11.9. The highest BCUT2D eigenvalue weighted by Gasteiger charge is 2.28. The Bertz CT molecular complexity index is 517. The number of hydrogen-bond donors (Lipinski definition) is 2. The summed E-state index contributed by atoms with van der Waals surface area (Å²) in [5.41, 5.74) is 0.331. The molecule has 19 heavy (non-hydrogen) atoms. The summed E-state index contributed by atoms with van der Waals surface area (Å²) in [6.45, 7) is 1.91. The van der Waals surface area contributed by atoms with E-state index in [-0.39, 0.29) is 23.3 Å². The van der Waals surface area contributed by atoms with Gasteiger partial charge in [-0.3, -0.25) is 4.79 Å². The largest absolute Gasteiger partial charge is 0.478 e. The summed E-state index contributed by atoms with van der Waals surface area (Å²) in [6.07, 6.45) is 1.07. The number of amides is 1.